The summed E-state index contributed by atoms with van der Waals surface area (Å²) in [6.45, 7) is 0.331. The van der Waals surface area contributed by atoms with Crippen LogP contribution >= 0.6 is 0 Å². The van der Waals surface area contributed by atoms with Crippen LogP contribution in [-0.4, -0.2) is 43.8 Å². The lowest BCUT2D eigenvalue weighted by atomic mass is 9.87. The van der Waals surface area contributed by atoms with Crippen molar-refractivity contribution in [3.8, 4) is 0 Å². The first-order valence-corrected chi connectivity index (χ1v) is 7.84. The number of esters is 1. The first kappa shape index (κ1) is 19.1. The van der Waals surface area contributed by atoms with E-state index in [-0.39, 0.29) is 17.9 Å². The van der Waals surface area contributed by atoms with Gasteiger partial charge in [-0.05, 0) is 37.0 Å². The van der Waals surface area contributed by atoms with Crippen LogP contribution in [0.2, 0.25) is 0 Å². The van der Waals surface area contributed by atoms with Gasteiger partial charge in [-0.1, -0.05) is 12.1 Å². The molecule has 1 aliphatic rings. The molecule has 0 aromatic heterocycles. The fraction of sp³-hybridized carbons (Fsp3) is 0.529. The van der Waals surface area contributed by atoms with Crippen LogP contribution in [0.25, 0.3) is 0 Å². The number of amides is 1. The van der Waals surface area contributed by atoms with Gasteiger partial charge in [-0.15, -0.1) is 0 Å². The van der Waals surface area contributed by atoms with Gasteiger partial charge in [-0.25, -0.2) is 4.79 Å². The minimum atomic E-state index is -4.39. The Morgan fingerprint density at radius 3 is 2.32 bits per heavy atom. The number of alkyl halides is 3. The van der Waals surface area contributed by atoms with E-state index in [1.54, 1.807) is 0 Å². The first-order chi connectivity index (χ1) is 11.8. The number of carbonyl (C=O) groups is 2. The lowest BCUT2D eigenvalue weighted by Gasteiger charge is -2.37. The van der Waals surface area contributed by atoms with E-state index in [1.807, 2.05) is 0 Å². The third kappa shape index (κ3) is 4.64. The molecule has 2 rings (SSSR count). The third-order valence-corrected chi connectivity index (χ3v) is 4.41. The quantitative estimate of drug-likeness (QED) is 0.778. The highest BCUT2D eigenvalue weighted by molar-refractivity contribution is 5.73. The van der Waals surface area contributed by atoms with Gasteiger partial charge in [-0.3, -0.25) is 4.79 Å². The predicted octanol–water partition coefficient (Wildman–Crippen LogP) is 3.27. The van der Waals surface area contributed by atoms with Gasteiger partial charge in [-0.2, -0.15) is 13.2 Å². The highest BCUT2D eigenvalue weighted by Crippen LogP contribution is 2.31. The van der Waals surface area contributed by atoms with E-state index < -0.39 is 17.8 Å². The van der Waals surface area contributed by atoms with Gasteiger partial charge in [0.05, 0.1) is 25.7 Å². The van der Waals surface area contributed by atoms with Gasteiger partial charge in [0.1, 0.15) is 0 Å². The van der Waals surface area contributed by atoms with Crippen molar-refractivity contribution in [3.63, 3.8) is 0 Å². The molecule has 1 aromatic carbocycles. The number of rotatable bonds is 3. The van der Waals surface area contributed by atoms with E-state index >= 15 is 0 Å². The molecule has 1 fully saturated rings. The minimum absolute atomic E-state index is 0.331. The van der Waals surface area contributed by atoms with Crippen LogP contribution in [0, 0.1) is 5.92 Å². The molecule has 1 saturated heterocycles. The Balaban J connectivity index is 2.15. The van der Waals surface area contributed by atoms with Crippen molar-refractivity contribution in [1.29, 1.82) is 0 Å². The van der Waals surface area contributed by atoms with Crippen molar-refractivity contribution in [3.05, 3.63) is 35.4 Å². The molecule has 0 bridgehead atoms. The monoisotopic (exact) mass is 359 g/mol. The molecule has 25 heavy (non-hydrogen) atoms. The van der Waals surface area contributed by atoms with E-state index in [9.17, 15) is 22.8 Å². The Kier molecular flexibility index (Phi) is 5.92. The van der Waals surface area contributed by atoms with E-state index in [2.05, 4.69) is 0 Å². The minimum Gasteiger partial charge on any atom is -0.469 e. The average molecular weight is 359 g/mol. The Morgan fingerprint density at radius 2 is 1.80 bits per heavy atom. The molecular weight excluding hydrogens is 339 g/mol. The summed E-state index contributed by atoms with van der Waals surface area (Å²) in [5.74, 6) is -0.688. The number of benzene rings is 1. The Labute approximate surface area is 143 Å². The van der Waals surface area contributed by atoms with Crippen molar-refractivity contribution in [2.75, 3.05) is 20.8 Å². The number of ether oxygens (including phenoxy) is 2. The number of likely N-dealkylation sites (tertiary alicyclic amines) is 1. The number of carbonyl (C=O) groups excluding carboxylic acids is 2. The molecule has 1 aliphatic heterocycles. The zero-order valence-corrected chi connectivity index (χ0v) is 14.0. The SMILES string of the molecule is COC(=O)C1CCN(C(=O)OC)C(Cc2ccc(C(F)(F)F)cc2)C1. The Hall–Kier alpha value is -2.25. The molecule has 0 spiro atoms. The van der Waals surface area contributed by atoms with Gasteiger partial charge >= 0.3 is 18.2 Å². The zero-order chi connectivity index (χ0) is 18.6. The smallest absolute Gasteiger partial charge is 0.416 e. The van der Waals surface area contributed by atoms with Crippen LogP contribution in [0.15, 0.2) is 24.3 Å². The van der Waals surface area contributed by atoms with Crippen molar-refractivity contribution < 1.29 is 32.2 Å². The summed E-state index contributed by atoms with van der Waals surface area (Å²) in [6.07, 6.45) is -3.73. The molecule has 0 aliphatic carbocycles. The van der Waals surface area contributed by atoms with Crippen LogP contribution in [0.3, 0.4) is 0 Å². The third-order valence-electron chi connectivity index (χ3n) is 4.41. The highest BCUT2D eigenvalue weighted by Gasteiger charge is 2.36. The maximum atomic E-state index is 12.7. The Bertz CT molecular complexity index is 615. The molecule has 8 heteroatoms. The standard InChI is InChI=1S/C17H20F3NO4/c1-24-15(22)12-7-8-21(16(23)25-2)14(10-12)9-11-3-5-13(6-4-11)17(18,19)20/h3-6,12,14H,7-10H2,1-2H3. The summed E-state index contributed by atoms with van der Waals surface area (Å²) < 4.78 is 47.5. The van der Waals surface area contributed by atoms with Crippen molar-refractivity contribution in [1.82, 2.24) is 4.90 Å². The van der Waals surface area contributed by atoms with Gasteiger partial charge in [0.25, 0.3) is 0 Å². The lowest BCUT2D eigenvalue weighted by molar-refractivity contribution is -0.147. The summed E-state index contributed by atoms with van der Waals surface area (Å²) >= 11 is 0. The van der Waals surface area contributed by atoms with Crippen LogP contribution < -0.4 is 0 Å². The number of halogens is 3. The largest absolute Gasteiger partial charge is 0.469 e. The van der Waals surface area contributed by atoms with Crippen molar-refractivity contribution in [2.45, 2.75) is 31.5 Å². The highest BCUT2D eigenvalue weighted by atomic mass is 19.4. The predicted molar refractivity (Wildman–Crippen MR) is 82.8 cm³/mol. The summed E-state index contributed by atoms with van der Waals surface area (Å²) in [4.78, 5) is 25.2. The fourth-order valence-corrected chi connectivity index (χ4v) is 3.08. The average Bonchev–Trinajstić information content (AvgIpc) is 2.60. The van der Waals surface area contributed by atoms with Crippen LogP contribution in [-0.2, 0) is 26.9 Å². The van der Waals surface area contributed by atoms with E-state index in [4.69, 9.17) is 9.47 Å². The Morgan fingerprint density at radius 1 is 1.16 bits per heavy atom. The molecule has 2 unspecified atom stereocenters. The zero-order valence-electron chi connectivity index (χ0n) is 14.0. The molecule has 1 aromatic rings. The van der Waals surface area contributed by atoms with Crippen LogP contribution in [0.4, 0.5) is 18.0 Å². The maximum Gasteiger partial charge on any atom is 0.416 e. The van der Waals surface area contributed by atoms with E-state index in [1.165, 1.54) is 31.3 Å². The van der Waals surface area contributed by atoms with Gasteiger partial charge in [0.15, 0.2) is 0 Å². The number of nitrogens with zero attached hydrogens (tertiary/aromatic N) is 1. The topological polar surface area (TPSA) is 55.8 Å². The van der Waals surface area contributed by atoms with Crippen LogP contribution in [0.1, 0.15) is 24.0 Å². The molecular formula is C17H20F3NO4. The van der Waals surface area contributed by atoms with Gasteiger partial charge in [0, 0.05) is 12.6 Å². The number of piperidine rings is 1. The second-order valence-electron chi connectivity index (χ2n) is 5.96. The van der Waals surface area contributed by atoms with Gasteiger partial charge in [0.2, 0.25) is 0 Å². The second-order valence-corrected chi connectivity index (χ2v) is 5.96. The molecule has 2 atom stereocenters. The van der Waals surface area contributed by atoms with Crippen molar-refractivity contribution >= 4 is 12.1 Å². The molecule has 1 heterocycles. The summed E-state index contributed by atoms with van der Waals surface area (Å²) in [5, 5.41) is 0. The molecule has 5 nitrogen and oxygen atoms in total. The van der Waals surface area contributed by atoms with Crippen LogP contribution in [0.5, 0.6) is 0 Å². The summed E-state index contributed by atoms with van der Waals surface area (Å²) in [5.41, 5.74) is -0.0745. The number of hydrogen-bond donors (Lipinski definition) is 0. The summed E-state index contributed by atoms with van der Waals surface area (Å²) in [7, 11) is 2.57. The number of hydrogen-bond acceptors (Lipinski definition) is 4. The maximum absolute atomic E-state index is 12.7. The second kappa shape index (κ2) is 7.76. The molecule has 138 valence electrons. The first-order valence-electron chi connectivity index (χ1n) is 7.84. The number of methoxy groups -OCH3 is 2. The van der Waals surface area contributed by atoms with Gasteiger partial charge < -0.3 is 14.4 Å². The molecule has 0 saturated carbocycles. The lowest BCUT2D eigenvalue weighted by Crippen LogP contribution is -2.48. The van der Waals surface area contributed by atoms with Crippen molar-refractivity contribution in [2.24, 2.45) is 5.92 Å². The molecule has 0 radical (unpaired) electrons. The molecule has 0 N–H and O–H groups in total. The molecule has 1 amide bonds. The normalized spacial score (nSPS) is 20.9. The van der Waals surface area contributed by atoms with E-state index in [0.29, 0.717) is 31.4 Å². The summed E-state index contributed by atoms with van der Waals surface area (Å²) in [6, 6.07) is 4.46. The fourth-order valence-electron chi connectivity index (χ4n) is 3.08. The van der Waals surface area contributed by atoms with E-state index in [0.717, 1.165) is 12.1 Å².